The first-order valence-electron chi connectivity index (χ1n) is 7.83. The largest absolute Gasteiger partial charge is 1.00 e. The maximum Gasteiger partial charge on any atom is -0.813 e. The van der Waals surface area contributed by atoms with E-state index in [1.165, 1.54) is 55.6 Å². The van der Waals surface area contributed by atoms with Crippen LogP contribution in [0, 0.1) is 69.2 Å². The first-order valence-corrected chi connectivity index (χ1v) is 14.8. The van der Waals surface area contributed by atoms with Gasteiger partial charge in [-0.25, -0.2) is 34.6 Å². The number of rotatable bonds is 0. The minimum absolute atomic E-state index is 0. The summed E-state index contributed by atoms with van der Waals surface area (Å²) in [6.45, 7) is 22.0. The van der Waals surface area contributed by atoms with Crippen LogP contribution in [0.4, 0.5) is 0 Å². The molecule has 0 heterocycles. The van der Waals surface area contributed by atoms with Crippen LogP contribution in [-0.2, 0) is 82.8 Å². The van der Waals surface area contributed by atoms with E-state index in [2.05, 4.69) is 92.6 Å². The Morgan fingerprint density at radius 3 is 0.769 bits per heavy atom. The molecule has 0 nitrogen and oxygen atoms in total. The van der Waals surface area contributed by atoms with E-state index in [-0.39, 0.29) is 27.0 Å². The van der Waals surface area contributed by atoms with E-state index in [0.717, 1.165) is 0 Å². The predicted molar refractivity (Wildman–Crippen MR) is 124 cm³/mol. The van der Waals surface area contributed by atoms with Gasteiger partial charge in [-0.05, 0) is 0 Å². The van der Waals surface area contributed by atoms with Crippen molar-refractivity contribution < 1.29 is 32.4 Å². The number of hydrogen-bond acceptors (Lipinski definition) is 4. The molecule has 2 aromatic carbocycles. The molecule has 0 aromatic heterocycles. The van der Waals surface area contributed by atoms with E-state index in [9.17, 15) is 0 Å². The van der Waals surface area contributed by atoms with Crippen LogP contribution in [0.25, 0.3) is 0 Å². The minimum atomic E-state index is 0. The Hall–Kier alpha value is 1.48. The van der Waals surface area contributed by atoms with Crippen LogP contribution < -0.4 is 0 Å². The molecule has 158 valence electrons. The summed E-state index contributed by atoms with van der Waals surface area (Å²) in [5.41, 5.74) is 14.7. The van der Waals surface area contributed by atoms with Gasteiger partial charge < -0.3 is 78.1 Å². The average molecular weight is 593 g/mol. The summed E-state index contributed by atoms with van der Waals surface area (Å²) in [5.74, 6) is 0. The summed E-state index contributed by atoms with van der Waals surface area (Å²) in [6, 6.07) is 0. The molecule has 0 amide bonds. The van der Waals surface area contributed by atoms with Gasteiger partial charge in [-0.1, -0.05) is 34.6 Å². The second-order valence-electron chi connectivity index (χ2n) is 6.25. The summed E-state index contributed by atoms with van der Waals surface area (Å²) in [4.78, 5) is 0. The summed E-state index contributed by atoms with van der Waals surface area (Å²) >= 11 is 11.3. The molecule has 26 heavy (non-hydrogen) atoms. The zero-order valence-electron chi connectivity index (χ0n) is 17.5. The van der Waals surface area contributed by atoms with Crippen LogP contribution >= 0.6 is 0 Å². The Kier molecular flexibility index (Phi) is 23.3. The third-order valence-electron chi connectivity index (χ3n) is 5.62. The molecule has 2 rings (SSSR count). The zero-order valence-corrected chi connectivity index (χ0v) is 25.0. The summed E-state index contributed by atoms with van der Waals surface area (Å²) < 4.78 is 0. The van der Waals surface area contributed by atoms with Crippen molar-refractivity contribution in [2.45, 2.75) is 69.2 Å². The topological polar surface area (TPSA) is 0 Å². The molecule has 0 aliphatic carbocycles. The van der Waals surface area contributed by atoms with Gasteiger partial charge in [0.2, 0.25) is 0 Å². The zero-order chi connectivity index (χ0) is 19.8. The average Bonchev–Trinajstić information content (AvgIpc) is 2.89. The first kappa shape index (κ1) is 34.9. The minimum Gasteiger partial charge on any atom is -1.00 e. The van der Waals surface area contributed by atoms with Crippen molar-refractivity contribution in [3.8, 4) is 0 Å². The van der Waals surface area contributed by atoms with Crippen molar-refractivity contribution in [1.29, 1.82) is 0 Å². The Balaban J connectivity index is -0.000000147. The van der Waals surface area contributed by atoms with Gasteiger partial charge in [-0.3, -0.25) is 0 Å². The Morgan fingerprint density at radius 1 is 0.538 bits per heavy atom. The molecule has 0 N–H and O–H groups in total. The molecule has 0 fully saturated rings. The molecule has 2 aromatic rings. The van der Waals surface area contributed by atoms with Gasteiger partial charge in [0.05, 0.1) is 0 Å². The smallest absolute Gasteiger partial charge is 0.813 e. The first-order chi connectivity index (χ1) is 11.1. The fraction of sp³-hybridized carbons (Fsp3) is 0.500. The van der Waals surface area contributed by atoms with Crippen LogP contribution in [0.1, 0.15) is 55.6 Å². The quantitative estimate of drug-likeness (QED) is 0.133. The summed E-state index contributed by atoms with van der Waals surface area (Å²) in [7, 11) is 0. The van der Waals surface area contributed by atoms with E-state index in [0.29, 0.717) is 0 Å². The molecule has 6 heteroatoms. The molecule has 0 atom stereocenters. The van der Waals surface area contributed by atoms with Gasteiger partial charge >= 0.3 is 32.4 Å². The molecule has 0 bridgehead atoms. The van der Waals surface area contributed by atoms with Crippen LogP contribution in [0.2, 0.25) is 0 Å². The molecule has 0 spiro atoms. The molecule has 0 unspecified atom stereocenters. The predicted octanol–water partition coefficient (Wildman–Crippen LogP) is 5.35. The van der Waals surface area contributed by atoms with E-state index in [4.69, 9.17) is 0 Å². The fourth-order valence-electron chi connectivity index (χ4n) is 2.81. The second kappa shape index (κ2) is 17.3. The molecule has 0 radical (unpaired) electrons. The van der Waals surface area contributed by atoms with Crippen LogP contribution in [0.5, 0.6) is 0 Å². The summed E-state index contributed by atoms with van der Waals surface area (Å²) in [5, 5.41) is 0. The fourth-order valence-corrected chi connectivity index (χ4v) is 2.81. The van der Waals surface area contributed by atoms with E-state index in [1.54, 1.807) is 0 Å². The maximum atomic E-state index is 3.67. The van der Waals surface area contributed by atoms with Crippen LogP contribution in [-0.4, -0.2) is 0 Å². The second-order valence-corrected chi connectivity index (χ2v) is 6.25. The van der Waals surface area contributed by atoms with Crippen LogP contribution in [0.15, 0.2) is 0 Å². The third-order valence-corrected chi connectivity index (χ3v) is 5.62. The number of hydrogen-bond donors (Lipinski definition) is 0. The Bertz CT molecular complexity index is 439. The van der Waals surface area contributed by atoms with Gasteiger partial charge in [0.1, 0.15) is 0 Å². The Labute approximate surface area is 205 Å². The van der Waals surface area contributed by atoms with Gasteiger partial charge in [0.25, 0.3) is 0 Å². The normalized spacial score (nSPS) is 8.46. The molecule has 0 aliphatic rings. The standard InChI is InChI=1S/2C10H15.2Mo.S2.2H2S/c2*1-6-7(2)9(4)10(5)8(6)3;;;1-2;;/h2*1-5H3;;;;2*1H2/q-5;-1;;;-2;;/p-2. The number of thiol groups is 2. The maximum absolute atomic E-state index is 3.67. The van der Waals surface area contributed by atoms with Crippen LogP contribution in [0.3, 0.4) is 0 Å². The van der Waals surface area contributed by atoms with Crippen molar-refractivity contribution in [2.75, 3.05) is 0 Å². The van der Waals surface area contributed by atoms with Gasteiger partial charge in [-0.15, -0.1) is 0 Å². The SMILES string of the molecule is C[c-]1[c-](C)[c-](C)[c-](C)[c-]1C.Cc1c(C)c(C)[c-](C)c1C.[Mo]=[Mo].[S-][S-].[SH-].[SH-]. The van der Waals surface area contributed by atoms with Gasteiger partial charge in [0, 0.05) is 0 Å². The molecule has 0 aliphatic heterocycles. The molecular formula is C20H32Mo2S4-10. The van der Waals surface area contributed by atoms with E-state index in [1.807, 2.05) is 32.4 Å². The van der Waals surface area contributed by atoms with Crippen molar-refractivity contribution in [3.63, 3.8) is 0 Å². The van der Waals surface area contributed by atoms with E-state index >= 15 is 0 Å². The van der Waals surface area contributed by atoms with Gasteiger partial charge in [-0.2, -0.15) is 27.8 Å². The van der Waals surface area contributed by atoms with Crippen molar-refractivity contribution >= 4 is 50.3 Å². The molecule has 0 saturated heterocycles. The van der Waals surface area contributed by atoms with Crippen molar-refractivity contribution in [2.24, 2.45) is 0 Å². The molecule has 0 saturated carbocycles. The monoisotopic (exact) mass is 596 g/mol. The third kappa shape index (κ3) is 8.87. The van der Waals surface area contributed by atoms with Crippen molar-refractivity contribution in [1.82, 2.24) is 0 Å². The summed E-state index contributed by atoms with van der Waals surface area (Å²) in [6.07, 6.45) is 0. The van der Waals surface area contributed by atoms with Gasteiger partial charge in [0.15, 0.2) is 0 Å². The molecular weight excluding hydrogens is 560 g/mol. The Morgan fingerprint density at radius 2 is 0.692 bits per heavy atom. The van der Waals surface area contributed by atoms with Crippen molar-refractivity contribution in [3.05, 3.63) is 55.6 Å². The van der Waals surface area contributed by atoms with E-state index < -0.39 is 0 Å².